The maximum atomic E-state index is 12.1. The Morgan fingerprint density at radius 3 is 2.74 bits per heavy atom. The summed E-state index contributed by atoms with van der Waals surface area (Å²) in [5.41, 5.74) is 0.975. The Morgan fingerprint density at radius 1 is 1.26 bits per heavy atom. The summed E-state index contributed by atoms with van der Waals surface area (Å²) < 4.78 is 5.74. The Morgan fingerprint density at radius 2 is 2.05 bits per heavy atom. The molecule has 1 aliphatic carbocycles. The molecular formula is C14H15Cl2NO2. The van der Waals surface area contributed by atoms with Crippen LogP contribution < -0.4 is 0 Å². The number of rotatable bonds is 2. The highest BCUT2D eigenvalue weighted by Crippen LogP contribution is 2.34. The number of amides is 1. The molecule has 19 heavy (non-hydrogen) atoms. The second kappa shape index (κ2) is 5.31. The molecule has 0 bridgehead atoms. The van der Waals surface area contributed by atoms with Crippen LogP contribution in [0.15, 0.2) is 18.2 Å². The highest BCUT2D eigenvalue weighted by Gasteiger charge is 2.35. The third kappa shape index (κ3) is 2.88. The lowest BCUT2D eigenvalue weighted by molar-refractivity contribution is -0.140. The first-order valence-corrected chi connectivity index (χ1v) is 7.26. The highest BCUT2D eigenvalue weighted by molar-refractivity contribution is 6.42. The third-order valence-electron chi connectivity index (χ3n) is 3.62. The fourth-order valence-electron chi connectivity index (χ4n) is 2.35. The van der Waals surface area contributed by atoms with E-state index in [1.54, 1.807) is 6.07 Å². The van der Waals surface area contributed by atoms with Crippen LogP contribution in [0.4, 0.5) is 0 Å². The first-order valence-electron chi connectivity index (χ1n) is 6.50. The maximum absolute atomic E-state index is 12.1. The maximum Gasteiger partial charge on any atom is 0.225 e. The third-order valence-corrected chi connectivity index (χ3v) is 4.36. The lowest BCUT2D eigenvalue weighted by Crippen LogP contribution is -2.43. The van der Waals surface area contributed by atoms with Crippen molar-refractivity contribution in [3.8, 4) is 0 Å². The van der Waals surface area contributed by atoms with Gasteiger partial charge in [-0.05, 0) is 30.5 Å². The largest absolute Gasteiger partial charge is 0.370 e. The van der Waals surface area contributed by atoms with Gasteiger partial charge < -0.3 is 9.64 Å². The first kappa shape index (κ1) is 13.2. The monoisotopic (exact) mass is 299 g/mol. The molecule has 1 unspecified atom stereocenters. The molecular weight excluding hydrogens is 285 g/mol. The summed E-state index contributed by atoms with van der Waals surface area (Å²) in [5.74, 6) is 0.529. The summed E-state index contributed by atoms with van der Waals surface area (Å²) in [6.07, 6.45) is 1.97. The molecule has 1 amide bonds. The number of halogens is 2. The molecule has 0 radical (unpaired) electrons. The van der Waals surface area contributed by atoms with Crippen LogP contribution >= 0.6 is 23.2 Å². The van der Waals surface area contributed by atoms with Crippen molar-refractivity contribution in [2.75, 3.05) is 19.7 Å². The van der Waals surface area contributed by atoms with E-state index in [2.05, 4.69) is 0 Å². The van der Waals surface area contributed by atoms with E-state index in [-0.39, 0.29) is 17.9 Å². The van der Waals surface area contributed by atoms with E-state index in [9.17, 15) is 4.79 Å². The molecule has 0 N–H and O–H groups in total. The van der Waals surface area contributed by atoms with Crippen LogP contribution in [0.5, 0.6) is 0 Å². The van der Waals surface area contributed by atoms with Gasteiger partial charge in [-0.1, -0.05) is 29.3 Å². The average molecular weight is 300 g/mol. The van der Waals surface area contributed by atoms with E-state index < -0.39 is 0 Å². The van der Waals surface area contributed by atoms with Crippen LogP contribution in [0.25, 0.3) is 0 Å². The quantitative estimate of drug-likeness (QED) is 0.838. The zero-order chi connectivity index (χ0) is 13.4. The van der Waals surface area contributed by atoms with Gasteiger partial charge in [0.05, 0.1) is 23.2 Å². The smallest absolute Gasteiger partial charge is 0.225 e. The SMILES string of the molecule is O=C(C1CC1)N1CCOC(c2ccc(Cl)c(Cl)c2)C1. The van der Waals surface area contributed by atoms with Gasteiger partial charge >= 0.3 is 0 Å². The molecule has 1 aromatic rings. The van der Waals surface area contributed by atoms with Gasteiger partial charge in [0.15, 0.2) is 0 Å². The minimum atomic E-state index is -0.105. The van der Waals surface area contributed by atoms with Gasteiger partial charge in [-0.3, -0.25) is 4.79 Å². The van der Waals surface area contributed by atoms with Gasteiger partial charge in [0, 0.05) is 12.5 Å². The molecule has 1 atom stereocenters. The fourth-order valence-corrected chi connectivity index (χ4v) is 2.66. The first-order chi connectivity index (χ1) is 9.15. The van der Waals surface area contributed by atoms with Crippen molar-refractivity contribution in [3.05, 3.63) is 33.8 Å². The minimum absolute atomic E-state index is 0.105. The Hall–Kier alpha value is -0.770. The van der Waals surface area contributed by atoms with Crippen LogP contribution in [0, 0.1) is 5.92 Å². The van der Waals surface area contributed by atoms with Crippen molar-refractivity contribution < 1.29 is 9.53 Å². The van der Waals surface area contributed by atoms with Crippen LogP contribution in [-0.4, -0.2) is 30.5 Å². The van der Waals surface area contributed by atoms with Crippen molar-refractivity contribution in [1.29, 1.82) is 0 Å². The summed E-state index contributed by atoms with van der Waals surface area (Å²) in [6, 6.07) is 5.49. The lowest BCUT2D eigenvalue weighted by atomic mass is 10.1. The van der Waals surface area contributed by atoms with E-state index in [0.29, 0.717) is 29.7 Å². The molecule has 2 aliphatic rings. The predicted molar refractivity (Wildman–Crippen MR) is 74.5 cm³/mol. The number of benzene rings is 1. The number of nitrogens with zero attached hydrogens (tertiary/aromatic N) is 1. The van der Waals surface area contributed by atoms with Crippen LogP contribution in [0.3, 0.4) is 0 Å². The molecule has 0 spiro atoms. The number of carbonyl (C=O) groups is 1. The second-order valence-electron chi connectivity index (χ2n) is 5.09. The Kier molecular flexibility index (Phi) is 3.70. The minimum Gasteiger partial charge on any atom is -0.370 e. The molecule has 5 heteroatoms. The lowest BCUT2D eigenvalue weighted by Gasteiger charge is -2.33. The van der Waals surface area contributed by atoms with Crippen LogP contribution in [0.1, 0.15) is 24.5 Å². The van der Waals surface area contributed by atoms with E-state index in [0.717, 1.165) is 18.4 Å². The summed E-state index contributed by atoms with van der Waals surface area (Å²) in [7, 11) is 0. The zero-order valence-corrected chi connectivity index (χ0v) is 12.0. The molecule has 1 aromatic carbocycles. The predicted octanol–water partition coefficient (Wildman–Crippen LogP) is 3.30. The summed E-state index contributed by atoms with van der Waals surface area (Å²) in [6.45, 7) is 1.86. The van der Waals surface area contributed by atoms with Crippen LogP contribution in [-0.2, 0) is 9.53 Å². The number of hydrogen-bond acceptors (Lipinski definition) is 2. The number of morpholine rings is 1. The van der Waals surface area contributed by atoms with Crippen molar-refractivity contribution in [1.82, 2.24) is 4.90 Å². The molecule has 3 nitrogen and oxygen atoms in total. The summed E-state index contributed by atoms with van der Waals surface area (Å²) in [4.78, 5) is 14.0. The normalized spacial score (nSPS) is 23.5. The average Bonchev–Trinajstić information content (AvgIpc) is 3.26. The van der Waals surface area contributed by atoms with Gasteiger partial charge in [0.2, 0.25) is 5.91 Å². The zero-order valence-electron chi connectivity index (χ0n) is 10.4. The molecule has 1 aliphatic heterocycles. The van der Waals surface area contributed by atoms with Gasteiger partial charge in [0.25, 0.3) is 0 Å². The van der Waals surface area contributed by atoms with Crippen molar-refractivity contribution in [2.45, 2.75) is 18.9 Å². The van der Waals surface area contributed by atoms with Crippen molar-refractivity contribution in [3.63, 3.8) is 0 Å². The van der Waals surface area contributed by atoms with Crippen molar-refractivity contribution in [2.24, 2.45) is 5.92 Å². The molecule has 1 saturated heterocycles. The number of ether oxygens (including phenoxy) is 1. The molecule has 1 saturated carbocycles. The van der Waals surface area contributed by atoms with E-state index >= 15 is 0 Å². The molecule has 0 aromatic heterocycles. The second-order valence-corrected chi connectivity index (χ2v) is 5.91. The summed E-state index contributed by atoms with van der Waals surface area (Å²) >= 11 is 11.9. The van der Waals surface area contributed by atoms with Crippen LogP contribution in [0.2, 0.25) is 10.0 Å². The Labute approximate surface area is 122 Å². The molecule has 1 heterocycles. The topological polar surface area (TPSA) is 29.5 Å². The Balaban J connectivity index is 1.73. The molecule has 3 rings (SSSR count). The van der Waals surface area contributed by atoms with Gasteiger partial charge in [-0.15, -0.1) is 0 Å². The van der Waals surface area contributed by atoms with E-state index in [1.807, 2.05) is 17.0 Å². The van der Waals surface area contributed by atoms with Crippen molar-refractivity contribution >= 4 is 29.1 Å². The van der Waals surface area contributed by atoms with Gasteiger partial charge in [-0.2, -0.15) is 0 Å². The Bertz CT molecular complexity index is 502. The molecule has 102 valence electrons. The number of hydrogen-bond donors (Lipinski definition) is 0. The number of carbonyl (C=O) groups excluding carboxylic acids is 1. The molecule has 2 fully saturated rings. The summed E-state index contributed by atoms with van der Waals surface area (Å²) in [5, 5.41) is 1.06. The van der Waals surface area contributed by atoms with E-state index in [4.69, 9.17) is 27.9 Å². The fraction of sp³-hybridized carbons (Fsp3) is 0.500. The van der Waals surface area contributed by atoms with Gasteiger partial charge in [-0.25, -0.2) is 0 Å². The van der Waals surface area contributed by atoms with Gasteiger partial charge in [0.1, 0.15) is 6.10 Å². The van der Waals surface area contributed by atoms with E-state index in [1.165, 1.54) is 0 Å². The highest BCUT2D eigenvalue weighted by atomic mass is 35.5. The standard InChI is InChI=1S/C14H15Cl2NO2/c15-11-4-3-10(7-12(11)16)13-8-17(5-6-19-13)14(18)9-1-2-9/h3-4,7,9,13H,1-2,5-6,8H2.